The second-order valence-electron chi connectivity index (χ2n) is 11.6. The van der Waals surface area contributed by atoms with Gasteiger partial charge in [0.25, 0.3) is 0 Å². The summed E-state index contributed by atoms with van der Waals surface area (Å²) in [6.45, 7) is 7.77. The summed E-state index contributed by atoms with van der Waals surface area (Å²) in [4.78, 5) is 8.48. The van der Waals surface area contributed by atoms with Crippen molar-refractivity contribution in [3.8, 4) is 27.9 Å². The van der Waals surface area contributed by atoms with E-state index in [0.717, 1.165) is 28.0 Å². The molecule has 3 heteroatoms. The molecule has 7 aromatic rings. The number of allylic oxidation sites excluding steroid dienone is 2. The molecule has 0 bridgehead atoms. The summed E-state index contributed by atoms with van der Waals surface area (Å²) < 4.78 is 2.34. The Hall–Kier alpha value is -6.06. The lowest BCUT2D eigenvalue weighted by Gasteiger charge is -2.33. The number of nitrogens with zero attached hydrogens (tertiary/aromatic N) is 3. The van der Waals surface area contributed by atoms with Crippen molar-refractivity contribution in [3.63, 3.8) is 0 Å². The Morgan fingerprint density at radius 2 is 1.46 bits per heavy atom. The van der Waals surface area contributed by atoms with Crippen molar-refractivity contribution in [1.29, 1.82) is 0 Å². The average Bonchev–Trinajstić information content (AvgIpc) is 3.69. The van der Waals surface area contributed by atoms with Crippen LogP contribution >= 0.6 is 0 Å². The van der Waals surface area contributed by atoms with Gasteiger partial charge >= 0.3 is 0 Å². The molecule has 0 fully saturated rings. The third-order valence-corrected chi connectivity index (χ3v) is 9.25. The zero-order chi connectivity index (χ0) is 31.1. The standard InChI is InChI=1S/C43H31N3/c1-3-30(28-44-2)33-25-34(32-13-12-23-45-29-32)27-37(26-33)46-24-22-31-20-21-40-41(42(31)46)38-18-10-11-19-39(38)43(40,35-14-6-4-7-15-35)36-16-8-5-9-17-36/h3-29H,1-2H2/b30-28+. The van der Waals surface area contributed by atoms with Gasteiger partial charge in [0.05, 0.1) is 10.9 Å². The Kier molecular flexibility index (Phi) is 6.66. The fourth-order valence-electron chi connectivity index (χ4n) is 7.33. The van der Waals surface area contributed by atoms with Gasteiger partial charge in [-0.3, -0.25) is 9.98 Å². The van der Waals surface area contributed by atoms with Gasteiger partial charge in [-0.1, -0.05) is 116 Å². The normalized spacial score (nSPS) is 13.3. The molecule has 0 unspecified atom stereocenters. The molecule has 218 valence electrons. The van der Waals surface area contributed by atoms with Crippen LogP contribution in [0.25, 0.3) is 44.4 Å². The molecule has 0 amide bonds. The third-order valence-electron chi connectivity index (χ3n) is 9.25. The van der Waals surface area contributed by atoms with Crippen molar-refractivity contribution >= 4 is 23.2 Å². The minimum atomic E-state index is -0.463. The SMILES string of the molecule is C=C/C(=C\N=C)c1cc(-c2cccnc2)cc(-n2ccc3ccc4c(c32)-c2ccccc2C4(c2ccccc2)c2ccccc2)c1. The van der Waals surface area contributed by atoms with Gasteiger partial charge in [-0.25, -0.2) is 0 Å². The average molecular weight is 590 g/mol. The molecule has 2 aromatic heterocycles. The highest BCUT2D eigenvalue weighted by atomic mass is 15.0. The van der Waals surface area contributed by atoms with E-state index in [1.165, 1.54) is 44.3 Å². The monoisotopic (exact) mass is 589 g/mol. The Balaban J connectivity index is 1.47. The van der Waals surface area contributed by atoms with E-state index in [-0.39, 0.29) is 0 Å². The molecule has 1 aliphatic rings. The summed E-state index contributed by atoms with van der Waals surface area (Å²) in [5, 5.41) is 1.19. The molecule has 0 N–H and O–H groups in total. The minimum Gasteiger partial charge on any atom is -0.316 e. The first-order chi connectivity index (χ1) is 22.7. The first kappa shape index (κ1) is 27.5. The first-order valence-corrected chi connectivity index (χ1v) is 15.4. The van der Waals surface area contributed by atoms with Crippen molar-refractivity contribution in [3.05, 3.63) is 199 Å². The van der Waals surface area contributed by atoms with Crippen molar-refractivity contribution in [2.24, 2.45) is 4.99 Å². The highest BCUT2D eigenvalue weighted by Crippen LogP contribution is 2.57. The summed E-state index contributed by atoms with van der Waals surface area (Å²) in [7, 11) is 0. The number of aliphatic imine (C=N–C) groups is 1. The summed E-state index contributed by atoms with van der Waals surface area (Å²) in [5.41, 5.74) is 13.4. The number of hydrogen-bond donors (Lipinski definition) is 0. The maximum atomic E-state index is 4.41. The molecule has 0 aliphatic heterocycles. The number of pyridine rings is 1. The van der Waals surface area contributed by atoms with E-state index < -0.39 is 5.41 Å². The highest BCUT2D eigenvalue weighted by molar-refractivity contribution is 6.03. The van der Waals surface area contributed by atoms with Crippen molar-refractivity contribution < 1.29 is 0 Å². The van der Waals surface area contributed by atoms with Gasteiger partial charge < -0.3 is 4.57 Å². The van der Waals surface area contributed by atoms with Gasteiger partial charge in [0, 0.05) is 47.0 Å². The lowest BCUT2D eigenvalue weighted by molar-refractivity contribution is 0.769. The molecule has 8 rings (SSSR count). The van der Waals surface area contributed by atoms with E-state index in [1.54, 1.807) is 12.4 Å². The van der Waals surface area contributed by atoms with Crippen LogP contribution in [0.2, 0.25) is 0 Å². The molecule has 0 saturated carbocycles. The Morgan fingerprint density at radius 3 is 2.15 bits per heavy atom. The topological polar surface area (TPSA) is 30.2 Å². The molecular formula is C43H31N3. The molecule has 0 radical (unpaired) electrons. The summed E-state index contributed by atoms with van der Waals surface area (Å²) >= 11 is 0. The van der Waals surface area contributed by atoms with Crippen LogP contribution < -0.4 is 0 Å². The molecule has 0 saturated heterocycles. The van der Waals surface area contributed by atoms with E-state index in [2.05, 4.69) is 161 Å². The molecular weight excluding hydrogens is 558 g/mol. The molecule has 2 heterocycles. The van der Waals surface area contributed by atoms with Gasteiger partial charge in [0.2, 0.25) is 0 Å². The van der Waals surface area contributed by atoms with E-state index in [0.29, 0.717) is 0 Å². The maximum absolute atomic E-state index is 4.41. The fourth-order valence-corrected chi connectivity index (χ4v) is 7.33. The van der Waals surface area contributed by atoms with Crippen LogP contribution in [-0.2, 0) is 5.41 Å². The minimum absolute atomic E-state index is 0.463. The van der Waals surface area contributed by atoms with Gasteiger partial charge in [-0.05, 0) is 81.6 Å². The van der Waals surface area contributed by atoms with Crippen LogP contribution in [0.1, 0.15) is 27.8 Å². The third kappa shape index (κ3) is 4.13. The van der Waals surface area contributed by atoms with Gasteiger partial charge in [0.15, 0.2) is 0 Å². The van der Waals surface area contributed by atoms with Crippen LogP contribution in [0.15, 0.2) is 176 Å². The van der Waals surface area contributed by atoms with Gasteiger partial charge in [0.1, 0.15) is 0 Å². The van der Waals surface area contributed by atoms with Crippen molar-refractivity contribution in [2.75, 3.05) is 0 Å². The smallest absolute Gasteiger partial charge is 0.0714 e. The highest BCUT2D eigenvalue weighted by Gasteiger charge is 2.46. The van der Waals surface area contributed by atoms with E-state index in [9.17, 15) is 0 Å². The zero-order valence-corrected chi connectivity index (χ0v) is 25.3. The molecule has 5 aromatic carbocycles. The van der Waals surface area contributed by atoms with Crippen LogP contribution in [0.5, 0.6) is 0 Å². The quantitative estimate of drug-likeness (QED) is 0.134. The number of benzene rings is 5. The maximum Gasteiger partial charge on any atom is 0.0714 e. The van der Waals surface area contributed by atoms with Crippen molar-refractivity contribution in [1.82, 2.24) is 9.55 Å². The Bertz CT molecular complexity index is 2240. The van der Waals surface area contributed by atoms with Crippen molar-refractivity contribution in [2.45, 2.75) is 5.41 Å². The fraction of sp³-hybridized carbons (Fsp3) is 0.0233. The predicted octanol–water partition coefficient (Wildman–Crippen LogP) is 10.3. The van der Waals surface area contributed by atoms with Crippen LogP contribution in [0, 0.1) is 0 Å². The largest absolute Gasteiger partial charge is 0.316 e. The summed E-state index contributed by atoms with van der Waals surface area (Å²) in [6, 6.07) is 48.3. The summed E-state index contributed by atoms with van der Waals surface area (Å²) in [5.74, 6) is 0. The second kappa shape index (κ2) is 11.1. The summed E-state index contributed by atoms with van der Waals surface area (Å²) in [6.07, 6.45) is 9.48. The lowest BCUT2D eigenvalue weighted by Crippen LogP contribution is -2.28. The van der Waals surface area contributed by atoms with E-state index in [1.807, 2.05) is 18.3 Å². The first-order valence-electron chi connectivity index (χ1n) is 15.4. The van der Waals surface area contributed by atoms with Gasteiger partial charge in [-0.15, -0.1) is 0 Å². The number of fused-ring (bicyclic) bond motifs is 5. The van der Waals surface area contributed by atoms with Crippen LogP contribution in [0.4, 0.5) is 0 Å². The van der Waals surface area contributed by atoms with Crippen LogP contribution in [0.3, 0.4) is 0 Å². The molecule has 1 aliphatic carbocycles. The van der Waals surface area contributed by atoms with Crippen LogP contribution in [-0.4, -0.2) is 16.3 Å². The lowest BCUT2D eigenvalue weighted by atomic mass is 9.67. The Labute approximate surface area is 269 Å². The Morgan fingerprint density at radius 1 is 0.717 bits per heavy atom. The molecule has 3 nitrogen and oxygen atoms in total. The number of rotatable bonds is 7. The number of hydrogen-bond acceptors (Lipinski definition) is 2. The second-order valence-corrected chi connectivity index (χ2v) is 11.6. The molecule has 0 atom stereocenters. The van der Waals surface area contributed by atoms with E-state index >= 15 is 0 Å². The predicted molar refractivity (Wildman–Crippen MR) is 192 cm³/mol. The van der Waals surface area contributed by atoms with E-state index in [4.69, 9.17) is 0 Å². The van der Waals surface area contributed by atoms with Gasteiger partial charge in [-0.2, -0.15) is 0 Å². The molecule has 0 spiro atoms. The zero-order valence-electron chi connectivity index (χ0n) is 25.3. The number of aromatic nitrogens is 2. The molecule has 46 heavy (non-hydrogen) atoms.